The van der Waals surface area contributed by atoms with E-state index in [1.54, 1.807) is 6.92 Å². The lowest BCUT2D eigenvalue weighted by Gasteiger charge is -2.09. The van der Waals surface area contributed by atoms with Crippen molar-refractivity contribution in [2.75, 3.05) is 6.61 Å². The second-order valence-electron chi connectivity index (χ2n) is 3.81. The van der Waals surface area contributed by atoms with Gasteiger partial charge in [0.2, 0.25) is 0 Å². The Labute approximate surface area is 88.7 Å². The number of rotatable bonds is 3. The summed E-state index contributed by atoms with van der Waals surface area (Å²) in [6.45, 7) is 2.05. The molecular formula is C12H14O3. The molecule has 1 fully saturated rings. The predicted molar refractivity (Wildman–Crippen MR) is 55.4 cm³/mol. The van der Waals surface area contributed by atoms with Crippen molar-refractivity contribution in [2.45, 2.75) is 24.9 Å². The van der Waals surface area contributed by atoms with Gasteiger partial charge in [-0.3, -0.25) is 0 Å². The minimum Gasteiger partial charge on any atom is -0.464 e. The zero-order chi connectivity index (χ0) is 10.9. The van der Waals surface area contributed by atoms with Gasteiger partial charge in [0.1, 0.15) is 0 Å². The fraction of sp³-hybridized carbons (Fsp3) is 0.417. The molecule has 1 aromatic carbocycles. The molecule has 0 heterocycles. The number of ether oxygens (including phenoxy) is 1. The lowest BCUT2D eigenvalue weighted by molar-refractivity contribution is -0.155. The molecule has 0 saturated heterocycles. The predicted octanol–water partition coefficient (Wildman–Crippen LogP) is 1.47. The number of esters is 1. The third-order valence-electron chi connectivity index (χ3n) is 2.76. The molecule has 3 heteroatoms. The van der Waals surface area contributed by atoms with Crippen molar-refractivity contribution in [1.29, 1.82) is 0 Å². The molecule has 3 nitrogen and oxygen atoms in total. The highest BCUT2D eigenvalue weighted by atomic mass is 16.6. The largest absolute Gasteiger partial charge is 0.464 e. The first kappa shape index (κ1) is 10.2. The van der Waals surface area contributed by atoms with Gasteiger partial charge in [-0.05, 0) is 18.9 Å². The lowest BCUT2D eigenvalue weighted by atomic mass is 10.1. The Morgan fingerprint density at radius 1 is 1.53 bits per heavy atom. The normalized spacial score (nSPS) is 28.5. The van der Waals surface area contributed by atoms with E-state index in [4.69, 9.17) is 4.74 Å². The van der Waals surface area contributed by atoms with Gasteiger partial charge < -0.3 is 9.84 Å². The van der Waals surface area contributed by atoms with Crippen molar-refractivity contribution in [1.82, 2.24) is 0 Å². The Morgan fingerprint density at radius 2 is 2.20 bits per heavy atom. The monoisotopic (exact) mass is 206 g/mol. The second-order valence-corrected chi connectivity index (χ2v) is 3.81. The van der Waals surface area contributed by atoms with Gasteiger partial charge in [0.05, 0.1) is 6.61 Å². The highest BCUT2D eigenvalue weighted by molar-refractivity contribution is 5.85. The van der Waals surface area contributed by atoms with Crippen molar-refractivity contribution in [3.63, 3.8) is 0 Å². The molecule has 80 valence electrons. The summed E-state index contributed by atoms with van der Waals surface area (Å²) in [4.78, 5) is 11.4. The second kappa shape index (κ2) is 3.66. The summed E-state index contributed by atoms with van der Waals surface area (Å²) in [6.07, 6.45) is 0.468. The molecule has 1 aliphatic rings. The third-order valence-corrected chi connectivity index (χ3v) is 2.76. The SMILES string of the molecule is CCOC(=O)[C@]1(O)C[C@H]1c1ccccc1. The van der Waals surface area contributed by atoms with Gasteiger partial charge in [-0.25, -0.2) is 4.79 Å². The van der Waals surface area contributed by atoms with Crippen LogP contribution >= 0.6 is 0 Å². The number of hydrogen-bond acceptors (Lipinski definition) is 3. The number of benzene rings is 1. The first-order valence-corrected chi connectivity index (χ1v) is 5.13. The molecule has 2 atom stereocenters. The summed E-state index contributed by atoms with van der Waals surface area (Å²) in [5.74, 6) is -0.600. The third kappa shape index (κ3) is 1.75. The molecule has 1 N–H and O–H groups in total. The van der Waals surface area contributed by atoms with Crippen LogP contribution in [0.2, 0.25) is 0 Å². The summed E-state index contributed by atoms with van der Waals surface area (Å²) in [5, 5.41) is 9.97. The van der Waals surface area contributed by atoms with Crippen molar-refractivity contribution in [2.24, 2.45) is 0 Å². The number of hydrogen-bond donors (Lipinski definition) is 1. The van der Waals surface area contributed by atoms with Crippen molar-refractivity contribution in [3.8, 4) is 0 Å². The fourth-order valence-electron chi connectivity index (χ4n) is 1.81. The van der Waals surface area contributed by atoms with Crippen molar-refractivity contribution in [3.05, 3.63) is 35.9 Å². The molecule has 1 aliphatic carbocycles. The van der Waals surface area contributed by atoms with E-state index < -0.39 is 11.6 Å². The minimum atomic E-state index is -1.28. The Hall–Kier alpha value is -1.35. The van der Waals surface area contributed by atoms with E-state index in [0.717, 1.165) is 5.56 Å². The van der Waals surface area contributed by atoms with E-state index in [1.807, 2.05) is 30.3 Å². The molecule has 1 aromatic rings. The summed E-state index contributed by atoms with van der Waals surface area (Å²) in [7, 11) is 0. The Bertz CT molecular complexity index is 360. The Morgan fingerprint density at radius 3 is 2.80 bits per heavy atom. The van der Waals surface area contributed by atoms with Crippen LogP contribution in [0.25, 0.3) is 0 Å². The van der Waals surface area contributed by atoms with Gasteiger partial charge >= 0.3 is 5.97 Å². The van der Waals surface area contributed by atoms with E-state index >= 15 is 0 Å². The summed E-state index contributed by atoms with van der Waals surface area (Å²) >= 11 is 0. The smallest absolute Gasteiger partial charge is 0.338 e. The van der Waals surface area contributed by atoms with E-state index in [9.17, 15) is 9.90 Å². The van der Waals surface area contributed by atoms with Crippen molar-refractivity contribution >= 4 is 5.97 Å². The van der Waals surface area contributed by atoms with Crippen LogP contribution in [0.1, 0.15) is 24.8 Å². The van der Waals surface area contributed by atoms with Gasteiger partial charge in [-0.2, -0.15) is 0 Å². The molecule has 0 bridgehead atoms. The molecule has 15 heavy (non-hydrogen) atoms. The molecule has 0 radical (unpaired) electrons. The number of carbonyl (C=O) groups is 1. The maximum atomic E-state index is 11.4. The van der Waals surface area contributed by atoms with E-state index in [2.05, 4.69) is 0 Å². The minimum absolute atomic E-state index is 0.0993. The van der Waals surface area contributed by atoms with Gasteiger partial charge in [0.15, 0.2) is 5.60 Å². The first-order chi connectivity index (χ1) is 7.18. The summed E-state index contributed by atoms with van der Waals surface area (Å²) < 4.78 is 4.83. The van der Waals surface area contributed by atoms with Gasteiger partial charge in [-0.1, -0.05) is 30.3 Å². The summed E-state index contributed by atoms with van der Waals surface area (Å²) in [5.41, 5.74) is -0.287. The average Bonchev–Trinajstić information content (AvgIpc) is 2.94. The first-order valence-electron chi connectivity index (χ1n) is 5.13. The van der Waals surface area contributed by atoms with Crippen LogP contribution in [0.4, 0.5) is 0 Å². The fourth-order valence-corrected chi connectivity index (χ4v) is 1.81. The number of aliphatic hydroxyl groups is 1. The van der Waals surface area contributed by atoms with Gasteiger partial charge in [-0.15, -0.1) is 0 Å². The van der Waals surface area contributed by atoms with E-state index in [-0.39, 0.29) is 5.92 Å². The van der Waals surface area contributed by atoms with Crippen LogP contribution in [0, 0.1) is 0 Å². The van der Waals surface area contributed by atoms with Crippen LogP contribution in [0.3, 0.4) is 0 Å². The molecular weight excluding hydrogens is 192 g/mol. The average molecular weight is 206 g/mol. The molecule has 2 rings (SSSR count). The molecule has 0 amide bonds. The molecule has 0 unspecified atom stereocenters. The molecule has 0 aliphatic heterocycles. The molecule has 1 saturated carbocycles. The Kier molecular flexibility index (Phi) is 2.49. The molecule has 0 aromatic heterocycles. The van der Waals surface area contributed by atoms with E-state index in [0.29, 0.717) is 13.0 Å². The highest BCUT2D eigenvalue weighted by Crippen LogP contribution is 2.51. The Balaban J connectivity index is 2.09. The van der Waals surface area contributed by atoms with Crippen LogP contribution in [-0.4, -0.2) is 23.3 Å². The quantitative estimate of drug-likeness (QED) is 0.762. The number of carbonyl (C=O) groups excluding carboxylic acids is 1. The topological polar surface area (TPSA) is 46.5 Å². The zero-order valence-corrected chi connectivity index (χ0v) is 8.64. The van der Waals surface area contributed by atoms with E-state index in [1.165, 1.54) is 0 Å². The molecule has 0 spiro atoms. The van der Waals surface area contributed by atoms with Crippen molar-refractivity contribution < 1.29 is 14.6 Å². The van der Waals surface area contributed by atoms with Crippen LogP contribution in [0.5, 0.6) is 0 Å². The maximum Gasteiger partial charge on any atom is 0.338 e. The lowest BCUT2D eigenvalue weighted by Crippen LogP contribution is -2.26. The van der Waals surface area contributed by atoms with Gasteiger partial charge in [0.25, 0.3) is 0 Å². The van der Waals surface area contributed by atoms with Gasteiger partial charge in [0, 0.05) is 5.92 Å². The van der Waals surface area contributed by atoms with Crippen LogP contribution in [0.15, 0.2) is 30.3 Å². The highest BCUT2D eigenvalue weighted by Gasteiger charge is 2.60. The zero-order valence-electron chi connectivity index (χ0n) is 8.64. The standard InChI is InChI=1S/C12H14O3/c1-2-15-11(13)12(14)8-10(12)9-6-4-3-5-7-9/h3-7,10,14H,2,8H2,1H3/t10-,12-/m0/s1. The van der Waals surface area contributed by atoms with Crippen LogP contribution < -0.4 is 0 Å². The summed E-state index contributed by atoms with van der Waals surface area (Å²) in [6, 6.07) is 9.55. The maximum absolute atomic E-state index is 11.4. The van der Waals surface area contributed by atoms with Crippen LogP contribution in [-0.2, 0) is 9.53 Å².